The predicted molar refractivity (Wildman–Crippen MR) is 133 cm³/mol. The third-order valence-electron chi connectivity index (χ3n) is 5.72. The lowest BCUT2D eigenvalue weighted by Gasteiger charge is -2.09. The number of fused-ring (bicyclic) bond motifs is 1. The van der Waals surface area contributed by atoms with Crippen molar-refractivity contribution in [2.45, 2.75) is 6.54 Å². The predicted octanol–water partition coefficient (Wildman–Crippen LogP) is 5.13. The first-order valence-corrected chi connectivity index (χ1v) is 11.1. The standard InChI is InChI=1S/C28H19FN4O3/c29-24-7-5-18(13-23(24)17-9-11-30-12-10-17)25-8-6-19-15-31-20(14-26(19)33-25)16-32-27(34)21-3-1-2-4-22(21)28(35)36/h1-15H,16H2,(H,32,34)(H,35,36). The number of carboxylic acids is 1. The normalized spacial score (nSPS) is 10.8. The molecule has 0 aliphatic rings. The molecule has 36 heavy (non-hydrogen) atoms. The number of carbonyl (C=O) groups excluding carboxylic acids is 1. The van der Waals surface area contributed by atoms with Gasteiger partial charge in [-0.3, -0.25) is 14.8 Å². The Morgan fingerprint density at radius 1 is 0.889 bits per heavy atom. The molecule has 176 valence electrons. The van der Waals surface area contributed by atoms with E-state index in [0.717, 1.165) is 16.5 Å². The summed E-state index contributed by atoms with van der Waals surface area (Å²) >= 11 is 0. The molecule has 0 fully saturated rings. The summed E-state index contributed by atoms with van der Waals surface area (Å²) in [4.78, 5) is 37.0. The van der Waals surface area contributed by atoms with Gasteiger partial charge in [0.15, 0.2) is 0 Å². The van der Waals surface area contributed by atoms with E-state index in [1.165, 1.54) is 18.2 Å². The SMILES string of the molecule is O=C(O)c1ccccc1C(=O)NCc1cc2nc(-c3ccc(F)c(-c4ccncc4)c3)ccc2cn1. The number of hydrogen-bond acceptors (Lipinski definition) is 5. The minimum Gasteiger partial charge on any atom is -0.478 e. The first-order chi connectivity index (χ1) is 17.5. The van der Waals surface area contributed by atoms with Crippen LogP contribution in [-0.2, 0) is 6.54 Å². The summed E-state index contributed by atoms with van der Waals surface area (Å²) in [5.74, 6) is -2.02. The van der Waals surface area contributed by atoms with E-state index < -0.39 is 11.9 Å². The van der Waals surface area contributed by atoms with Gasteiger partial charge in [0.05, 0.1) is 34.6 Å². The number of nitrogens with zero attached hydrogens (tertiary/aromatic N) is 3. The monoisotopic (exact) mass is 478 g/mol. The van der Waals surface area contributed by atoms with Gasteiger partial charge in [-0.15, -0.1) is 0 Å². The van der Waals surface area contributed by atoms with Gasteiger partial charge in [-0.2, -0.15) is 0 Å². The summed E-state index contributed by atoms with van der Waals surface area (Å²) in [6.07, 6.45) is 4.89. The molecule has 5 aromatic rings. The van der Waals surface area contributed by atoms with Crippen molar-refractivity contribution in [2.24, 2.45) is 0 Å². The van der Waals surface area contributed by atoms with Gasteiger partial charge in [-0.1, -0.05) is 12.1 Å². The Bertz CT molecular complexity index is 1610. The third-order valence-corrected chi connectivity index (χ3v) is 5.72. The van der Waals surface area contributed by atoms with E-state index in [2.05, 4.69) is 15.3 Å². The highest BCUT2D eigenvalue weighted by Crippen LogP contribution is 2.29. The van der Waals surface area contributed by atoms with Crippen molar-refractivity contribution in [3.8, 4) is 22.4 Å². The number of aromatic nitrogens is 3. The number of nitrogens with one attached hydrogen (secondary N) is 1. The zero-order valence-corrected chi connectivity index (χ0v) is 18.9. The molecule has 0 radical (unpaired) electrons. The van der Waals surface area contributed by atoms with Crippen LogP contribution in [0.1, 0.15) is 26.4 Å². The van der Waals surface area contributed by atoms with Crippen molar-refractivity contribution < 1.29 is 19.1 Å². The van der Waals surface area contributed by atoms with E-state index in [1.807, 2.05) is 12.1 Å². The van der Waals surface area contributed by atoms with Crippen molar-refractivity contribution in [2.75, 3.05) is 0 Å². The maximum atomic E-state index is 14.5. The van der Waals surface area contributed by atoms with Crippen LogP contribution in [0.4, 0.5) is 4.39 Å². The highest BCUT2D eigenvalue weighted by Gasteiger charge is 2.16. The topological polar surface area (TPSA) is 105 Å². The Morgan fingerprint density at radius 2 is 1.67 bits per heavy atom. The molecule has 0 saturated heterocycles. The molecule has 0 atom stereocenters. The van der Waals surface area contributed by atoms with Crippen LogP contribution in [0.25, 0.3) is 33.3 Å². The molecule has 0 bridgehead atoms. The van der Waals surface area contributed by atoms with Crippen LogP contribution in [0.3, 0.4) is 0 Å². The number of pyridine rings is 3. The number of benzene rings is 2. The van der Waals surface area contributed by atoms with Crippen LogP contribution in [-0.4, -0.2) is 31.9 Å². The second kappa shape index (κ2) is 9.71. The van der Waals surface area contributed by atoms with Crippen molar-refractivity contribution in [3.05, 3.63) is 114 Å². The van der Waals surface area contributed by atoms with E-state index in [1.54, 1.807) is 61.1 Å². The first kappa shape index (κ1) is 22.8. The molecule has 8 heteroatoms. The molecule has 7 nitrogen and oxygen atoms in total. The van der Waals surface area contributed by atoms with Gasteiger partial charge in [0.25, 0.3) is 5.91 Å². The summed E-state index contributed by atoms with van der Waals surface area (Å²) in [6, 6.07) is 19.8. The van der Waals surface area contributed by atoms with Crippen molar-refractivity contribution in [1.82, 2.24) is 20.3 Å². The fourth-order valence-electron chi connectivity index (χ4n) is 3.89. The summed E-state index contributed by atoms with van der Waals surface area (Å²) in [5.41, 5.74) is 3.81. The van der Waals surface area contributed by atoms with E-state index in [4.69, 9.17) is 4.98 Å². The molecule has 0 aliphatic heterocycles. The molecular weight excluding hydrogens is 459 g/mol. The van der Waals surface area contributed by atoms with Crippen molar-refractivity contribution in [1.29, 1.82) is 0 Å². The van der Waals surface area contributed by atoms with E-state index in [-0.39, 0.29) is 23.5 Å². The minimum atomic E-state index is -1.17. The highest BCUT2D eigenvalue weighted by atomic mass is 19.1. The number of amides is 1. The van der Waals surface area contributed by atoms with E-state index in [0.29, 0.717) is 22.5 Å². The molecule has 1 amide bonds. The summed E-state index contributed by atoms with van der Waals surface area (Å²) < 4.78 is 14.5. The molecule has 3 aromatic heterocycles. The molecule has 0 spiro atoms. The Hall–Kier alpha value is -4.98. The summed E-state index contributed by atoms with van der Waals surface area (Å²) in [6.45, 7) is 0.0946. The number of halogens is 1. The Kier molecular flexibility index (Phi) is 6.15. The Morgan fingerprint density at radius 3 is 2.44 bits per heavy atom. The average molecular weight is 478 g/mol. The fourth-order valence-corrected chi connectivity index (χ4v) is 3.89. The number of rotatable bonds is 6. The number of carboxylic acid groups (broad SMARTS) is 1. The van der Waals surface area contributed by atoms with Gasteiger partial charge < -0.3 is 10.4 Å². The van der Waals surface area contributed by atoms with Crippen LogP contribution in [0, 0.1) is 5.82 Å². The van der Waals surface area contributed by atoms with Crippen molar-refractivity contribution >= 4 is 22.8 Å². The molecule has 0 unspecified atom stereocenters. The maximum Gasteiger partial charge on any atom is 0.336 e. The molecule has 3 heterocycles. The van der Waals surface area contributed by atoms with Gasteiger partial charge in [-0.25, -0.2) is 14.2 Å². The lowest BCUT2D eigenvalue weighted by molar-refractivity contribution is 0.0691. The second-order valence-electron chi connectivity index (χ2n) is 8.03. The summed E-state index contributed by atoms with van der Waals surface area (Å²) in [7, 11) is 0. The smallest absolute Gasteiger partial charge is 0.336 e. The molecule has 2 aromatic carbocycles. The van der Waals surface area contributed by atoms with Gasteiger partial charge in [0, 0.05) is 35.1 Å². The van der Waals surface area contributed by atoms with E-state index in [9.17, 15) is 19.1 Å². The van der Waals surface area contributed by atoms with Gasteiger partial charge in [0.2, 0.25) is 0 Å². The average Bonchev–Trinajstić information content (AvgIpc) is 2.92. The van der Waals surface area contributed by atoms with Crippen LogP contribution in [0.5, 0.6) is 0 Å². The van der Waals surface area contributed by atoms with Gasteiger partial charge in [-0.05, 0) is 66.2 Å². The zero-order valence-electron chi connectivity index (χ0n) is 18.9. The second-order valence-corrected chi connectivity index (χ2v) is 8.03. The zero-order chi connectivity index (χ0) is 25.1. The minimum absolute atomic E-state index is 0.0711. The molecule has 0 aliphatic carbocycles. The quantitative estimate of drug-likeness (QED) is 0.351. The van der Waals surface area contributed by atoms with E-state index >= 15 is 0 Å². The number of carbonyl (C=O) groups is 2. The Labute approximate surface area is 205 Å². The van der Waals surface area contributed by atoms with Crippen LogP contribution in [0.15, 0.2) is 91.4 Å². The number of hydrogen-bond donors (Lipinski definition) is 2. The molecule has 2 N–H and O–H groups in total. The highest BCUT2D eigenvalue weighted by molar-refractivity contribution is 6.04. The largest absolute Gasteiger partial charge is 0.478 e. The lowest BCUT2D eigenvalue weighted by Crippen LogP contribution is -2.25. The van der Waals surface area contributed by atoms with Crippen LogP contribution in [0.2, 0.25) is 0 Å². The molecular formula is C28H19FN4O3. The molecule has 5 rings (SSSR count). The van der Waals surface area contributed by atoms with Gasteiger partial charge >= 0.3 is 5.97 Å². The first-order valence-electron chi connectivity index (χ1n) is 11.1. The number of aromatic carboxylic acids is 1. The Balaban J connectivity index is 1.40. The van der Waals surface area contributed by atoms with Gasteiger partial charge in [0.1, 0.15) is 5.82 Å². The summed E-state index contributed by atoms with van der Waals surface area (Å²) in [5, 5.41) is 12.8. The lowest BCUT2D eigenvalue weighted by atomic mass is 10.0. The van der Waals surface area contributed by atoms with Crippen LogP contribution < -0.4 is 5.32 Å². The fraction of sp³-hybridized carbons (Fsp3) is 0.0357. The van der Waals surface area contributed by atoms with Crippen LogP contribution >= 0.6 is 0 Å². The molecule has 0 saturated carbocycles. The maximum absolute atomic E-state index is 14.5. The van der Waals surface area contributed by atoms with Crippen molar-refractivity contribution in [3.63, 3.8) is 0 Å². The third kappa shape index (κ3) is 4.65.